The van der Waals surface area contributed by atoms with E-state index >= 15 is 0 Å². The lowest BCUT2D eigenvalue weighted by atomic mass is 9.80. The van der Waals surface area contributed by atoms with Gasteiger partial charge in [-0.2, -0.15) is 0 Å². The summed E-state index contributed by atoms with van der Waals surface area (Å²) in [6, 6.07) is 55.8. The van der Waals surface area contributed by atoms with Gasteiger partial charge in [-0.3, -0.25) is 0 Å². The first-order valence-corrected chi connectivity index (χ1v) is 19.1. The second-order valence-corrected chi connectivity index (χ2v) is 15.7. The molecule has 54 heavy (non-hydrogen) atoms. The number of benzene rings is 7. The molecule has 254 valence electrons. The molecule has 0 N–H and O–H groups in total. The maximum atomic E-state index is 5.26. The monoisotopic (exact) mass is 708 g/mol. The minimum atomic E-state index is -0.218. The molecule has 4 nitrogen and oxygen atoms in total. The molecule has 1 aliphatic rings. The van der Waals surface area contributed by atoms with Gasteiger partial charge in [-0.15, -0.1) is 11.3 Å². The molecule has 0 fully saturated rings. The molecular formula is C49H32N4S. The molecule has 5 heteroatoms. The highest BCUT2D eigenvalue weighted by Gasteiger charge is 2.38. The summed E-state index contributed by atoms with van der Waals surface area (Å²) in [6.45, 7) is 4.61. The van der Waals surface area contributed by atoms with Crippen molar-refractivity contribution in [2.75, 3.05) is 0 Å². The fourth-order valence-corrected chi connectivity index (χ4v) is 9.75. The Hall–Kier alpha value is -6.56. The van der Waals surface area contributed by atoms with Gasteiger partial charge in [0.05, 0.1) is 11.2 Å². The lowest BCUT2D eigenvalue weighted by molar-refractivity contribution is 0.661. The van der Waals surface area contributed by atoms with Crippen molar-refractivity contribution in [3.63, 3.8) is 0 Å². The van der Waals surface area contributed by atoms with Crippen LogP contribution in [0, 0.1) is 0 Å². The molecule has 0 amide bonds. The molecule has 11 rings (SSSR count). The maximum absolute atomic E-state index is 5.26. The van der Waals surface area contributed by atoms with Crippen LogP contribution in [0.1, 0.15) is 25.0 Å². The number of para-hydroxylation sites is 1. The zero-order chi connectivity index (χ0) is 36.0. The quantitative estimate of drug-likeness (QED) is 0.183. The van der Waals surface area contributed by atoms with E-state index in [0.717, 1.165) is 38.9 Å². The van der Waals surface area contributed by atoms with Gasteiger partial charge in [-0.05, 0) is 51.2 Å². The van der Waals surface area contributed by atoms with Gasteiger partial charge >= 0.3 is 0 Å². The van der Waals surface area contributed by atoms with Crippen molar-refractivity contribution in [2.24, 2.45) is 0 Å². The average Bonchev–Trinajstić information content (AvgIpc) is 3.73. The molecule has 0 spiro atoms. The molecule has 1 aliphatic carbocycles. The number of nitrogens with zero attached hydrogens (tertiary/aromatic N) is 4. The van der Waals surface area contributed by atoms with Crippen LogP contribution in [0.4, 0.5) is 0 Å². The van der Waals surface area contributed by atoms with Crippen LogP contribution in [-0.2, 0) is 5.41 Å². The SMILES string of the molecule is CC1(C)c2ccccc2-c2cccc(-c3nc(-c4ccc(-c5nc6ccccc6c6sc7ccccc7c56)cc4)nc(-c4ccc5ccccc5c4)n3)c21. The zero-order valence-corrected chi connectivity index (χ0v) is 30.5. The Morgan fingerprint density at radius 1 is 0.463 bits per heavy atom. The third kappa shape index (κ3) is 4.68. The van der Waals surface area contributed by atoms with Crippen LogP contribution in [-0.4, -0.2) is 19.9 Å². The van der Waals surface area contributed by atoms with Gasteiger partial charge in [0.2, 0.25) is 0 Å². The number of hydrogen-bond acceptors (Lipinski definition) is 5. The van der Waals surface area contributed by atoms with Crippen LogP contribution in [0.15, 0.2) is 158 Å². The molecule has 3 heterocycles. The lowest BCUT2D eigenvalue weighted by Crippen LogP contribution is -2.17. The number of aromatic nitrogens is 4. The van der Waals surface area contributed by atoms with E-state index < -0.39 is 0 Å². The average molecular weight is 709 g/mol. The van der Waals surface area contributed by atoms with Gasteiger partial charge in [-0.1, -0.05) is 153 Å². The predicted octanol–water partition coefficient (Wildman–Crippen LogP) is 12.9. The van der Waals surface area contributed by atoms with E-state index in [4.69, 9.17) is 19.9 Å². The molecule has 0 aliphatic heterocycles. The molecule has 0 radical (unpaired) electrons. The fourth-order valence-electron chi connectivity index (χ4n) is 8.51. The van der Waals surface area contributed by atoms with E-state index in [2.05, 4.69) is 172 Å². The minimum absolute atomic E-state index is 0.218. The van der Waals surface area contributed by atoms with Crippen LogP contribution in [0.5, 0.6) is 0 Å². The van der Waals surface area contributed by atoms with Crippen LogP contribution < -0.4 is 0 Å². The lowest BCUT2D eigenvalue weighted by Gasteiger charge is -2.24. The van der Waals surface area contributed by atoms with Gasteiger partial charge in [0, 0.05) is 53.2 Å². The molecule has 7 aromatic carbocycles. The Balaban J connectivity index is 1.10. The highest BCUT2D eigenvalue weighted by molar-refractivity contribution is 7.26. The summed E-state index contributed by atoms with van der Waals surface area (Å²) >= 11 is 1.84. The topological polar surface area (TPSA) is 51.6 Å². The molecular weight excluding hydrogens is 677 g/mol. The largest absolute Gasteiger partial charge is 0.247 e. The van der Waals surface area contributed by atoms with Gasteiger partial charge in [0.1, 0.15) is 0 Å². The summed E-state index contributed by atoms with van der Waals surface area (Å²) in [5.74, 6) is 1.96. The van der Waals surface area contributed by atoms with Gasteiger partial charge in [0.15, 0.2) is 17.5 Å². The Bertz CT molecular complexity index is 3140. The zero-order valence-electron chi connectivity index (χ0n) is 29.7. The summed E-state index contributed by atoms with van der Waals surface area (Å²) in [7, 11) is 0. The van der Waals surface area contributed by atoms with Crippen LogP contribution in [0.3, 0.4) is 0 Å². The standard InChI is InChI=1S/C49H32N4S/c1-49(2)39-19-8-5-14-34(39)35-17-11-18-38(43(35)49)48-52-46(51-47(53-48)33-27-22-29-12-3-4-13-32(29)28-33)31-25-23-30(24-26-31)44-42-37-16-7-10-21-41(37)54-45(42)36-15-6-9-20-40(36)50-44/h3-28H,1-2H3. The molecule has 0 saturated heterocycles. The van der Waals surface area contributed by atoms with E-state index in [9.17, 15) is 0 Å². The van der Waals surface area contributed by atoms with Crippen molar-refractivity contribution < 1.29 is 0 Å². The van der Waals surface area contributed by atoms with Crippen molar-refractivity contribution >= 4 is 53.2 Å². The normalized spacial score (nSPS) is 13.1. The fraction of sp³-hybridized carbons (Fsp3) is 0.0612. The van der Waals surface area contributed by atoms with Gasteiger partial charge in [0.25, 0.3) is 0 Å². The molecule has 0 unspecified atom stereocenters. The Labute approximate surface area is 316 Å². The summed E-state index contributed by atoms with van der Waals surface area (Å²) in [5.41, 5.74) is 10.8. The molecule has 0 atom stereocenters. The predicted molar refractivity (Wildman–Crippen MR) is 225 cm³/mol. The smallest absolute Gasteiger partial charge is 0.164 e. The van der Waals surface area contributed by atoms with Gasteiger partial charge < -0.3 is 0 Å². The first-order valence-electron chi connectivity index (χ1n) is 18.3. The number of rotatable bonds is 4. The third-order valence-corrected chi connectivity index (χ3v) is 12.3. The van der Waals surface area contributed by atoms with Crippen molar-refractivity contribution in [3.8, 4) is 56.5 Å². The molecule has 10 aromatic rings. The van der Waals surface area contributed by atoms with Crippen LogP contribution in [0.2, 0.25) is 0 Å². The van der Waals surface area contributed by atoms with E-state index in [1.54, 1.807) is 0 Å². The van der Waals surface area contributed by atoms with Crippen molar-refractivity contribution in [3.05, 3.63) is 169 Å². The first kappa shape index (κ1) is 31.0. The number of hydrogen-bond donors (Lipinski definition) is 0. The third-order valence-electron chi connectivity index (χ3n) is 11.1. The highest BCUT2D eigenvalue weighted by Crippen LogP contribution is 2.52. The highest BCUT2D eigenvalue weighted by atomic mass is 32.1. The van der Waals surface area contributed by atoms with Crippen molar-refractivity contribution in [1.29, 1.82) is 0 Å². The molecule has 0 saturated carbocycles. The second kappa shape index (κ2) is 11.7. The minimum Gasteiger partial charge on any atom is -0.247 e. The first-order chi connectivity index (χ1) is 26.5. The summed E-state index contributed by atoms with van der Waals surface area (Å²) in [6.07, 6.45) is 0. The van der Waals surface area contributed by atoms with E-state index in [-0.39, 0.29) is 5.41 Å². The van der Waals surface area contributed by atoms with Crippen molar-refractivity contribution in [2.45, 2.75) is 19.3 Å². The second-order valence-electron chi connectivity index (χ2n) is 14.6. The van der Waals surface area contributed by atoms with Crippen LogP contribution in [0.25, 0.3) is 98.4 Å². The number of pyridine rings is 1. The van der Waals surface area contributed by atoms with Gasteiger partial charge in [-0.25, -0.2) is 19.9 Å². The maximum Gasteiger partial charge on any atom is 0.164 e. The Kier molecular flexibility index (Phi) is 6.73. The number of fused-ring (bicyclic) bond motifs is 9. The Morgan fingerprint density at radius 3 is 1.96 bits per heavy atom. The van der Waals surface area contributed by atoms with Crippen molar-refractivity contribution in [1.82, 2.24) is 19.9 Å². The van der Waals surface area contributed by atoms with E-state index in [1.165, 1.54) is 53.2 Å². The van der Waals surface area contributed by atoms with E-state index in [0.29, 0.717) is 17.5 Å². The Morgan fingerprint density at radius 2 is 1.09 bits per heavy atom. The molecule has 3 aromatic heterocycles. The summed E-state index contributed by atoms with van der Waals surface area (Å²) < 4.78 is 2.53. The van der Waals surface area contributed by atoms with Crippen LogP contribution >= 0.6 is 11.3 Å². The number of thiophene rings is 1. The summed E-state index contributed by atoms with van der Waals surface area (Å²) in [4.78, 5) is 20.9. The van der Waals surface area contributed by atoms with E-state index in [1.807, 2.05) is 11.3 Å². The summed E-state index contributed by atoms with van der Waals surface area (Å²) in [5, 5.41) is 5.95. The molecule has 0 bridgehead atoms.